The van der Waals surface area contributed by atoms with E-state index in [2.05, 4.69) is 51.2 Å². The molecule has 0 aliphatic heterocycles. The molecule has 2 aromatic rings. The highest BCUT2D eigenvalue weighted by Crippen LogP contribution is 2.34. The molecule has 0 radical (unpaired) electrons. The molecule has 1 atom stereocenters. The molecule has 1 N–H and O–H groups in total. The first-order valence-corrected chi connectivity index (χ1v) is 7.91. The summed E-state index contributed by atoms with van der Waals surface area (Å²) < 4.78 is 6.05. The second-order valence-electron chi connectivity index (χ2n) is 5.92. The molecule has 1 heterocycles. The molecule has 0 aliphatic rings. The van der Waals surface area contributed by atoms with E-state index in [4.69, 9.17) is 4.42 Å². The van der Waals surface area contributed by atoms with Crippen LogP contribution in [0.5, 0.6) is 0 Å². The third-order valence-corrected chi connectivity index (χ3v) is 3.73. The molecule has 0 spiro atoms. The van der Waals surface area contributed by atoms with E-state index >= 15 is 0 Å². The maximum Gasteiger partial charge on any atom is 0.134 e. The summed E-state index contributed by atoms with van der Waals surface area (Å²) in [5.74, 6) is 1.81. The lowest BCUT2D eigenvalue weighted by molar-refractivity contribution is 0.421. The number of hydrogen-bond acceptors (Lipinski definition) is 2. The van der Waals surface area contributed by atoms with Crippen molar-refractivity contribution in [2.24, 2.45) is 5.92 Å². The van der Waals surface area contributed by atoms with Crippen LogP contribution in [0.2, 0.25) is 0 Å². The molecule has 2 rings (SSSR count). The maximum absolute atomic E-state index is 6.05. The van der Waals surface area contributed by atoms with Crippen LogP contribution in [0.3, 0.4) is 0 Å². The molecule has 110 valence electrons. The molecular formula is C18H27NO. The molecule has 1 unspecified atom stereocenters. The average molecular weight is 273 g/mol. The van der Waals surface area contributed by atoms with E-state index in [1.54, 1.807) is 0 Å². The summed E-state index contributed by atoms with van der Waals surface area (Å²) >= 11 is 0. The van der Waals surface area contributed by atoms with Crippen LogP contribution in [-0.4, -0.2) is 6.54 Å². The van der Waals surface area contributed by atoms with Crippen LogP contribution < -0.4 is 5.32 Å². The van der Waals surface area contributed by atoms with E-state index in [9.17, 15) is 0 Å². The van der Waals surface area contributed by atoms with Crippen LogP contribution in [0.25, 0.3) is 11.0 Å². The van der Waals surface area contributed by atoms with Gasteiger partial charge in [0.1, 0.15) is 11.3 Å². The first kappa shape index (κ1) is 15.1. The van der Waals surface area contributed by atoms with E-state index in [0.717, 1.165) is 37.2 Å². The molecule has 0 saturated carbocycles. The lowest BCUT2D eigenvalue weighted by atomic mass is 9.94. The fraction of sp³-hybridized carbons (Fsp3) is 0.556. The van der Waals surface area contributed by atoms with Gasteiger partial charge >= 0.3 is 0 Å². The van der Waals surface area contributed by atoms with Crippen LogP contribution in [0.1, 0.15) is 57.9 Å². The number of para-hydroxylation sites is 1. The first-order valence-electron chi connectivity index (χ1n) is 7.91. The molecule has 0 saturated heterocycles. The Balaban J connectivity index is 2.44. The van der Waals surface area contributed by atoms with Gasteiger partial charge in [-0.1, -0.05) is 45.9 Å². The Morgan fingerprint density at radius 3 is 2.55 bits per heavy atom. The normalized spacial score (nSPS) is 13.2. The summed E-state index contributed by atoms with van der Waals surface area (Å²) in [5, 5.41) is 4.99. The van der Waals surface area contributed by atoms with Crippen molar-refractivity contribution in [1.29, 1.82) is 0 Å². The van der Waals surface area contributed by atoms with Gasteiger partial charge in [0, 0.05) is 23.4 Å². The second-order valence-corrected chi connectivity index (χ2v) is 5.92. The van der Waals surface area contributed by atoms with Gasteiger partial charge in [0.05, 0.1) is 0 Å². The first-order chi connectivity index (χ1) is 9.67. The number of furan rings is 1. The van der Waals surface area contributed by atoms with Crippen LogP contribution in [0.4, 0.5) is 0 Å². The third-order valence-electron chi connectivity index (χ3n) is 3.73. The SMILES string of the molecule is CCCNC(CC(C)C)c1c(CC)oc2ccccc12. The zero-order valence-corrected chi connectivity index (χ0v) is 13.2. The van der Waals surface area contributed by atoms with Gasteiger partial charge in [-0.15, -0.1) is 0 Å². The van der Waals surface area contributed by atoms with E-state index in [0.29, 0.717) is 12.0 Å². The largest absolute Gasteiger partial charge is 0.461 e. The Kier molecular flexibility index (Phi) is 5.24. The standard InChI is InChI=1S/C18H27NO/c1-5-11-19-15(12-13(3)4)18-14-9-7-8-10-17(14)20-16(18)6-2/h7-10,13,15,19H,5-6,11-12H2,1-4H3. The highest BCUT2D eigenvalue weighted by molar-refractivity contribution is 5.82. The maximum atomic E-state index is 6.05. The van der Waals surface area contributed by atoms with Crippen molar-refractivity contribution in [3.8, 4) is 0 Å². The van der Waals surface area contributed by atoms with Gasteiger partial charge in [-0.3, -0.25) is 0 Å². The summed E-state index contributed by atoms with van der Waals surface area (Å²) in [4.78, 5) is 0. The van der Waals surface area contributed by atoms with Crippen LogP contribution >= 0.6 is 0 Å². The van der Waals surface area contributed by atoms with Gasteiger partial charge in [-0.05, 0) is 31.4 Å². The monoisotopic (exact) mass is 273 g/mol. The van der Waals surface area contributed by atoms with Crippen molar-refractivity contribution in [3.05, 3.63) is 35.6 Å². The number of fused-ring (bicyclic) bond motifs is 1. The van der Waals surface area contributed by atoms with Crippen molar-refractivity contribution in [2.45, 2.75) is 53.0 Å². The van der Waals surface area contributed by atoms with Gasteiger partial charge < -0.3 is 9.73 Å². The molecular weight excluding hydrogens is 246 g/mol. The van der Waals surface area contributed by atoms with Gasteiger partial charge in [0.15, 0.2) is 0 Å². The predicted octanol–water partition coefficient (Wildman–Crippen LogP) is 5.08. The Morgan fingerprint density at radius 1 is 1.15 bits per heavy atom. The number of aryl methyl sites for hydroxylation is 1. The van der Waals surface area contributed by atoms with Crippen molar-refractivity contribution in [2.75, 3.05) is 6.54 Å². The molecule has 2 heteroatoms. The summed E-state index contributed by atoms with van der Waals surface area (Å²) in [6.45, 7) is 10.0. The van der Waals surface area contributed by atoms with Crippen LogP contribution in [-0.2, 0) is 6.42 Å². The number of rotatable bonds is 7. The number of nitrogens with one attached hydrogen (secondary N) is 1. The summed E-state index contributed by atoms with van der Waals surface area (Å²) in [6, 6.07) is 8.81. The average Bonchev–Trinajstić information content (AvgIpc) is 2.81. The minimum atomic E-state index is 0.397. The van der Waals surface area contributed by atoms with Crippen molar-refractivity contribution in [1.82, 2.24) is 5.32 Å². The summed E-state index contributed by atoms with van der Waals surface area (Å²) in [6.07, 6.45) is 3.26. The number of benzene rings is 1. The molecule has 0 amide bonds. The number of hydrogen-bond donors (Lipinski definition) is 1. The van der Waals surface area contributed by atoms with E-state index in [-0.39, 0.29) is 0 Å². The molecule has 20 heavy (non-hydrogen) atoms. The zero-order chi connectivity index (χ0) is 14.5. The molecule has 0 aliphatic carbocycles. The Morgan fingerprint density at radius 2 is 1.90 bits per heavy atom. The smallest absolute Gasteiger partial charge is 0.134 e. The molecule has 1 aromatic heterocycles. The fourth-order valence-electron chi connectivity index (χ4n) is 2.85. The molecule has 1 aromatic carbocycles. The lowest BCUT2D eigenvalue weighted by Crippen LogP contribution is -2.24. The van der Waals surface area contributed by atoms with Gasteiger partial charge in [-0.2, -0.15) is 0 Å². The third kappa shape index (κ3) is 3.24. The van der Waals surface area contributed by atoms with Crippen molar-refractivity contribution >= 4 is 11.0 Å². The summed E-state index contributed by atoms with van der Waals surface area (Å²) in [5.41, 5.74) is 2.40. The highest BCUT2D eigenvalue weighted by Gasteiger charge is 2.21. The van der Waals surface area contributed by atoms with Crippen molar-refractivity contribution in [3.63, 3.8) is 0 Å². The highest BCUT2D eigenvalue weighted by atomic mass is 16.3. The lowest BCUT2D eigenvalue weighted by Gasteiger charge is -2.21. The molecule has 0 fully saturated rings. The predicted molar refractivity (Wildman–Crippen MR) is 86.1 cm³/mol. The fourth-order valence-corrected chi connectivity index (χ4v) is 2.85. The quantitative estimate of drug-likeness (QED) is 0.760. The van der Waals surface area contributed by atoms with Gasteiger partial charge in [0.25, 0.3) is 0 Å². The molecule has 0 bridgehead atoms. The van der Waals surface area contributed by atoms with E-state index < -0.39 is 0 Å². The van der Waals surface area contributed by atoms with Gasteiger partial charge in [0.2, 0.25) is 0 Å². The van der Waals surface area contributed by atoms with Crippen molar-refractivity contribution < 1.29 is 4.42 Å². The zero-order valence-electron chi connectivity index (χ0n) is 13.2. The Labute approximate surface area is 122 Å². The summed E-state index contributed by atoms with van der Waals surface area (Å²) in [7, 11) is 0. The Bertz CT molecular complexity index is 541. The second kappa shape index (κ2) is 6.94. The van der Waals surface area contributed by atoms with Crippen LogP contribution in [0.15, 0.2) is 28.7 Å². The van der Waals surface area contributed by atoms with Gasteiger partial charge in [-0.25, -0.2) is 0 Å². The minimum absolute atomic E-state index is 0.397. The van der Waals surface area contributed by atoms with Crippen LogP contribution in [0, 0.1) is 5.92 Å². The Hall–Kier alpha value is -1.28. The minimum Gasteiger partial charge on any atom is -0.461 e. The van der Waals surface area contributed by atoms with E-state index in [1.165, 1.54) is 10.9 Å². The van der Waals surface area contributed by atoms with E-state index in [1.807, 2.05) is 6.07 Å². The topological polar surface area (TPSA) is 25.2 Å². The molecule has 2 nitrogen and oxygen atoms in total.